The minimum atomic E-state index is -0.206. The molecule has 5 heteroatoms. The van der Waals surface area contributed by atoms with E-state index in [4.69, 9.17) is 0 Å². The van der Waals surface area contributed by atoms with Crippen LogP contribution in [0.3, 0.4) is 0 Å². The lowest BCUT2D eigenvalue weighted by molar-refractivity contribution is -0.122. The summed E-state index contributed by atoms with van der Waals surface area (Å²) in [6.07, 6.45) is 0.599. The lowest BCUT2D eigenvalue weighted by Gasteiger charge is -2.30. The quantitative estimate of drug-likeness (QED) is 0.528. The molecule has 0 aromatic heterocycles. The molecule has 0 aliphatic carbocycles. The van der Waals surface area contributed by atoms with Gasteiger partial charge in [-0.3, -0.25) is 14.6 Å². The van der Waals surface area contributed by atoms with Crippen molar-refractivity contribution in [3.05, 3.63) is 59.7 Å². The Morgan fingerprint density at radius 1 is 1.19 bits per heavy atom. The van der Waals surface area contributed by atoms with Gasteiger partial charge in [-0.05, 0) is 55.3 Å². The molecule has 1 aliphatic heterocycles. The minimum absolute atomic E-state index is 0.128. The Balaban J connectivity index is 1.69. The summed E-state index contributed by atoms with van der Waals surface area (Å²) in [5, 5.41) is 2.86. The van der Waals surface area contributed by atoms with E-state index >= 15 is 0 Å². The van der Waals surface area contributed by atoms with Gasteiger partial charge in [0.1, 0.15) is 0 Å². The summed E-state index contributed by atoms with van der Waals surface area (Å²) in [5.74, 6) is 5.85. The third-order valence-electron chi connectivity index (χ3n) is 4.14. The number of aliphatic imine (C=N–C) groups is 1. The highest BCUT2D eigenvalue weighted by Gasteiger charge is 2.24. The number of amides is 2. The predicted molar refractivity (Wildman–Crippen MR) is 104 cm³/mol. The molecule has 1 heterocycles. The summed E-state index contributed by atoms with van der Waals surface area (Å²) in [6.45, 7) is 2.58. The summed E-state index contributed by atoms with van der Waals surface area (Å²) in [4.78, 5) is 29.6. The molecule has 0 radical (unpaired) electrons. The van der Waals surface area contributed by atoms with Gasteiger partial charge in [0.25, 0.3) is 5.91 Å². The normalized spacial score (nSPS) is 13.5. The molecule has 0 unspecified atom stereocenters. The lowest BCUT2D eigenvalue weighted by Crippen LogP contribution is -2.43. The average Bonchev–Trinajstić information content (AvgIpc) is 2.66. The first-order chi connectivity index (χ1) is 12.6. The first kappa shape index (κ1) is 17.4. The van der Waals surface area contributed by atoms with Crippen molar-refractivity contribution in [2.24, 2.45) is 4.99 Å². The van der Waals surface area contributed by atoms with E-state index in [1.807, 2.05) is 25.1 Å². The number of benzene rings is 2. The highest BCUT2D eigenvalue weighted by Crippen LogP contribution is 2.23. The second kappa shape index (κ2) is 7.66. The van der Waals surface area contributed by atoms with Gasteiger partial charge in [0, 0.05) is 42.5 Å². The van der Waals surface area contributed by atoms with Gasteiger partial charge in [0.2, 0.25) is 5.91 Å². The van der Waals surface area contributed by atoms with Crippen molar-refractivity contribution in [1.29, 1.82) is 0 Å². The van der Waals surface area contributed by atoms with Crippen LogP contribution in [0.1, 0.15) is 29.3 Å². The molecule has 2 aromatic carbocycles. The fourth-order valence-electron chi connectivity index (χ4n) is 2.47. The van der Waals surface area contributed by atoms with Crippen LogP contribution in [0.2, 0.25) is 0 Å². The molecule has 5 nitrogen and oxygen atoms in total. The highest BCUT2D eigenvalue weighted by molar-refractivity contribution is 6.05. The van der Waals surface area contributed by atoms with Crippen LogP contribution in [-0.2, 0) is 4.79 Å². The molecule has 2 amide bonds. The maximum Gasteiger partial charge on any atom is 0.255 e. The molecule has 1 fully saturated rings. The maximum atomic E-state index is 12.5. The van der Waals surface area contributed by atoms with Gasteiger partial charge in [0.05, 0.1) is 5.71 Å². The fourth-order valence-corrected chi connectivity index (χ4v) is 2.47. The van der Waals surface area contributed by atoms with E-state index in [2.05, 4.69) is 22.2 Å². The van der Waals surface area contributed by atoms with Crippen molar-refractivity contribution in [3.8, 4) is 11.8 Å². The molecule has 0 spiro atoms. The molecule has 26 heavy (non-hydrogen) atoms. The zero-order chi connectivity index (χ0) is 18.5. The first-order valence-electron chi connectivity index (χ1n) is 8.34. The fraction of sp³-hybridized carbons (Fsp3) is 0.190. The number of nitrogens with one attached hydrogen (secondary N) is 1. The zero-order valence-electron chi connectivity index (χ0n) is 14.7. The number of carbonyl (C=O) groups is 2. The molecule has 130 valence electrons. The van der Waals surface area contributed by atoms with Crippen LogP contribution in [0.5, 0.6) is 0 Å². The van der Waals surface area contributed by atoms with Gasteiger partial charge in [-0.1, -0.05) is 12.0 Å². The van der Waals surface area contributed by atoms with Crippen LogP contribution in [0.15, 0.2) is 53.5 Å². The van der Waals surface area contributed by atoms with Crippen LogP contribution < -0.4 is 10.2 Å². The molecular formula is C21H19N3O2. The largest absolute Gasteiger partial charge is 0.322 e. The summed E-state index contributed by atoms with van der Waals surface area (Å²) >= 11 is 0. The summed E-state index contributed by atoms with van der Waals surface area (Å²) in [7, 11) is 1.69. The van der Waals surface area contributed by atoms with Crippen LogP contribution in [0.25, 0.3) is 0 Å². The molecule has 1 aliphatic rings. The van der Waals surface area contributed by atoms with E-state index in [-0.39, 0.29) is 11.8 Å². The first-order valence-corrected chi connectivity index (χ1v) is 8.34. The van der Waals surface area contributed by atoms with E-state index in [1.54, 1.807) is 42.3 Å². The topological polar surface area (TPSA) is 61.8 Å². The number of rotatable bonds is 3. The molecule has 2 aromatic rings. The van der Waals surface area contributed by atoms with E-state index in [0.717, 1.165) is 23.5 Å². The highest BCUT2D eigenvalue weighted by atomic mass is 16.2. The van der Waals surface area contributed by atoms with E-state index in [9.17, 15) is 9.59 Å². The summed E-state index contributed by atoms with van der Waals surface area (Å²) in [6, 6.07) is 14.4. The van der Waals surface area contributed by atoms with Crippen molar-refractivity contribution in [1.82, 2.24) is 0 Å². The predicted octanol–water partition coefficient (Wildman–Crippen LogP) is 3.12. The molecule has 0 atom stereocenters. The Hall–Kier alpha value is -3.39. The molecule has 1 saturated heterocycles. The Morgan fingerprint density at radius 2 is 1.96 bits per heavy atom. The lowest BCUT2D eigenvalue weighted by atomic mass is 10.1. The number of hydrogen-bond donors (Lipinski definition) is 1. The Bertz CT molecular complexity index is 934. The van der Waals surface area contributed by atoms with Crippen molar-refractivity contribution in [2.75, 3.05) is 23.8 Å². The smallest absolute Gasteiger partial charge is 0.255 e. The molecule has 1 N–H and O–H groups in total. The molecular weight excluding hydrogens is 326 g/mol. The van der Waals surface area contributed by atoms with Crippen LogP contribution in [-0.4, -0.2) is 31.1 Å². The van der Waals surface area contributed by atoms with Gasteiger partial charge >= 0.3 is 0 Å². The number of carbonyl (C=O) groups excluding carboxylic acids is 2. The monoisotopic (exact) mass is 345 g/mol. The van der Waals surface area contributed by atoms with Gasteiger partial charge in [-0.15, -0.1) is 0 Å². The van der Waals surface area contributed by atoms with Gasteiger partial charge < -0.3 is 10.2 Å². The van der Waals surface area contributed by atoms with Crippen molar-refractivity contribution < 1.29 is 9.59 Å². The molecule has 0 bridgehead atoms. The average molecular weight is 345 g/mol. The summed E-state index contributed by atoms with van der Waals surface area (Å²) in [5.41, 5.74) is 3.56. The zero-order valence-corrected chi connectivity index (χ0v) is 14.7. The van der Waals surface area contributed by atoms with Gasteiger partial charge in [0.15, 0.2) is 0 Å². The van der Waals surface area contributed by atoms with Crippen molar-refractivity contribution >= 4 is 28.9 Å². The Kier molecular flexibility index (Phi) is 5.14. The Morgan fingerprint density at radius 3 is 2.58 bits per heavy atom. The van der Waals surface area contributed by atoms with Gasteiger partial charge in [-0.25, -0.2) is 0 Å². The Labute approximate surface area is 152 Å². The number of anilines is 2. The standard InChI is InChI=1S/C21H19N3O2/c1-15(22-2)6-7-16-4-3-5-17(14-16)21(26)23-18-8-10-19(11-9-18)24-13-12-20(24)25/h3-5,8-11,14H,12-13H2,1-2H3,(H,23,26)/b22-15+. The van der Waals surface area contributed by atoms with Crippen LogP contribution >= 0.6 is 0 Å². The van der Waals surface area contributed by atoms with Crippen LogP contribution in [0, 0.1) is 11.8 Å². The third kappa shape index (κ3) is 3.98. The minimum Gasteiger partial charge on any atom is -0.322 e. The van der Waals surface area contributed by atoms with E-state index in [1.165, 1.54) is 0 Å². The van der Waals surface area contributed by atoms with Crippen LogP contribution in [0.4, 0.5) is 11.4 Å². The SMILES string of the molecule is C/N=C(\C)C#Cc1cccc(C(=O)Nc2ccc(N3CCC3=O)cc2)c1. The number of nitrogens with zero attached hydrogens (tertiary/aromatic N) is 2. The molecule has 0 saturated carbocycles. The second-order valence-electron chi connectivity index (χ2n) is 5.94. The maximum absolute atomic E-state index is 12.5. The van der Waals surface area contributed by atoms with E-state index < -0.39 is 0 Å². The van der Waals surface area contributed by atoms with E-state index in [0.29, 0.717) is 17.7 Å². The van der Waals surface area contributed by atoms with Crippen molar-refractivity contribution in [3.63, 3.8) is 0 Å². The van der Waals surface area contributed by atoms with Crippen molar-refractivity contribution in [2.45, 2.75) is 13.3 Å². The number of β-lactam (4-membered cyclic amide) rings is 1. The number of hydrogen-bond acceptors (Lipinski definition) is 3. The third-order valence-corrected chi connectivity index (χ3v) is 4.14. The summed E-state index contributed by atoms with van der Waals surface area (Å²) < 4.78 is 0. The van der Waals surface area contributed by atoms with Gasteiger partial charge in [-0.2, -0.15) is 0 Å². The second-order valence-corrected chi connectivity index (χ2v) is 5.94. The molecule has 3 rings (SSSR count).